The maximum atomic E-state index is 2.64. The van der Waals surface area contributed by atoms with E-state index < -0.39 is 16.1 Å². The van der Waals surface area contributed by atoms with E-state index in [1.165, 1.54) is 125 Å². The molecule has 4 heterocycles. The molecule has 360 valence electrons. The van der Waals surface area contributed by atoms with Crippen molar-refractivity contribution in [2.75, 3.05) is 9.80 Å². The summed E-state index contributed by atoms with van der Waals surface area (Å²) in [6.07, 6.45) is 0. The summed E-state index contributed by atoms with van der Waals surface area (Å²) in [5.74, 6) is 0. The molecule has 0 saturated carbocycles. The Balaban J connectivity index is 0.998. The summed E-state index contributed by atoms with van der Waals surface area (Å²) in [6, 6.07) is 101. The van der Waals surface area contributed by atoms with Crippen LogP contribution < -0.4 is 67.7 Å². The molecule has 11 aromatic carbocycles. The van der Waals surface area contributed by atoms with Gasteiger partial charge in [0.25, 0.3) is 6.71 Å². The number of para-hydroxylation sites is 1. The zero-order valence-electron chi connectivity index (χ0n) is 43.3. The van der Waals surface area contributed by atoms with E-state index in [-0.39, 0.29) is 12.1 Å². The van der Waals surface area contributed by atoms with Gasteiger partial charge in [-0.3, -0.25) is 0 Å². The van der Waals surface area contributed by atoms with Gasteiger partial charge in [-0.15, -0.1) is 0 Å². The summed E-state index contributed by atoms with van der Waals surface area (Å²) in [5.41, 5.74) is 19.3. The number of rotatable bonds is 6. The Kier molecular flexibility index (Phi) is 9.92. The Hall–Kier alpha value is -8.48. The second-order valence-corrected chi connectivity index (χ2v) is 29.8. The predicted octanol–water partition coefficient (Wildman–Crippen LogP) is 10.1. The normalized spacial score (nSPS) is 14.7. The quantitative estimate of drug-likeness (QED) is 0.153. The van der Waals surface area contributed by atoms with Gasteiger partial charge in [-0.25, -0.2) is 0 Å². The Labute approximate surface area is 449 Å². The second kappa shape index (κ2) is 16.8. The summed E-state index contributed by atoms with van der Waals surface area (Å²) in [7, 11) is -5.58. The highest BCUT2D eigenvalue weighted by atomic mass is 28.3. The fourth-order valence-electron chi connectivity index (χ4n) is 14.3. The van der Waals surface area contributed by atoms with Crippen molar-refractivity contribution >= 4 is 115 Å². The molecule has 5 heteroatoms. The van der Waals surface area contributed by atoms with Crippen molar-refractivity contribution < 1.29 is 0 Å². The third-order valence-electron chi connectivity index (χ3n) is 17.5. The number of fused-ring (bicyclic) bond motifs is 10. The van der Waals surface area contributed by atoms with Gasteiger partial charge in [-0.05, 0) is 146 Å². The van der Waals surface area contributed by atoms with Gasteiger partial charge in [0.1, 0.15) is 0 Å². The molecule has 0 aliphatic carbocycles. The van der Waals surface area contributed by atoms with Crippen molar-refractivity contribution in [3.05, 3.63) is 272 Å². The first-order valence-corrected chi connectivity index (χ1v) is 31.0. The van der Waals surface area contributed by atoms with Crippen molar-refractivity contribution in [2.45, 2.75) is 33.1 Å². The third-order valence-corrected chi connectivity index (χ3v) is 27.2. The molecule has 0 aromatic heterocycles. The lowest BCUT2D eigenvalue weighted by atomic mass is 9.33. The van der Waals surface area contributed by atoms with Crippen LogP contribution in [0.5, 0.6) is 0 Å². The van der Waals surface area contributed by atoms with E-state index in [4.69, 9.17) is 0 Å². The lowest BCUT2D eigenvalue weighted by molar-refractivity contribution is 0.591. The van der Waals surface area contributed by atoms with E-state index in [0.717, 1.165) is 0 Å². The molecule has 0 saturated heterocycles. The number of anilines is 6. The van der Waals surface area contributed by atoms with Crippen LogP contribution in [0.15, 0.2) is 261 Å². The van der Waals surface area contributed by atoms with Gasteiger partial charge in [-0.1, -0.05) is 239 Å². The lowest BCUT2D eigenvalue weighted by Gasteiger charge is -2.45. The average molecular weight is 1000 g/mol. The van der Waals surface area contributed by atoms with Crippen LogP contribution in [-0.4, -0.2) is 22.9 Å². The van der Waals surface area contributed by atoms with E-state index in [1.54, 1.807) is 0 Å². The van der Waals surface area contributed by atoms with Crippen molar-refractivity contribution in [1.82, 2.24) is 0 Å². The first-order chi connectivity index (χ1) is 37.3. The van der Waals surface area contributed by atoms with Crippen molar-refractivity contribution in [3.63, 3.8) is 0 Å². The second-order valence-electron chi connectivity index (χ2n) is 22.4. The zero-order valence-corrected chi connectivity index (χ0v) is 45.3. The Morgan fingerprint density at radius 3 is 1.28 bits per heavy atom. The van der Waals surface area contributed by atoms with E-state index in [2.05, 4.69) is 298 Å². The predicted molar refractivity (Wildman–Crippen MR) is 329 cm³/mol. The van der Waals surface area contributed by atoms with Gasteiger partial charge >= 0.3 is 0 Å². The molecule has 15 rings (SSSR count). The molecule has 0 spiro atoms. The van der Waals surface area contributed by atoms with E-state index in [9.17, 15) is 0 Å². The van der Waals surface area contributed by atoms with Gasteiger partial charge in [0.15, 0.2) is 16.1 Å². The van der Waals surface area contributed by atoms with Crippen LogP contribution in [0.2, 0.25) is 0 Å². The van der Waals surface area contributed by atoms with E-state index in [1.807, 2.05) is 0 Å². The number of hydrogen-bond acceptors (Lipinski definition) is 2. The molecule has 4 aliphatic heterocycles. The smallest absolute Gasteiger partial charge is 0.252 e. The minimum absolute atomic E-state index is 0.00692. The molecule has 2 nitrogen and oxygen atoms in total. The van der Waals surface area contributed by atoms with Crippen molar-refractivity contribution in [1.29, 1.82) is 0 Å². The van der Waals surface area contributed by atoms with Crippen LogP contribution in [0.3, 0.4) is 0 Å². The third kappa shape index (κ3) is 6.15. The molecule has 0 N–H and O–H groups in total. The van der Waals surface area contributed by atoms with Crippen LogP contribution in [0.1, 0.15) is 31.9 Å². The Bertz CT molecular complexity index is 4050. The lowest BCUT2D eigenvalue weighted by Crippen LogP contribution is -2.72. The SMILES string of the molecule is Cc1ccc2c3c1N(c1ccc4c(c1)[Si](c1ccccc1)(c1ccccc1)c1ccccc1-4)c1ccccc1B3c1cc(C(C)(C)C)ccc1N2c1ccc2c(c1)[Si](c1ccccc1)(c1ccccc1)c1ccccc1-2. The minimum atomic E-state index is -2.79. The number of nitrogens with zero attached hydrogens (tertiary/aromatic N) is 2. The summed E-state index contributed by atoms with van der Waals surface area (Å²) < 4.78 is 0. The van der Waals surface area contributed by atoms with Crippen molar-refractivity contribution in [2.24, 2.45) is 0 Å². The minimum Gasteiger partial charge on any atom is -0.311 e. The molecule has 11 aromatic rings. The van der Waals surface area contributed by atoms with Crippen LogP contribution in [0.25, 0.3) is 22.3 Å². The highest BCUT2D eigenvalue weighted by Gasteiger charge is 2.52. The summed E-state index contributed by atoms with van der Waals surface area (Å²) in [5, 5.41) is 11.4. The molecule has 0 amide bonds. The highest BCUT2D eigenvalue weighted by Crippen LogP contribution is 2.47. The zero-order chi connectivity index (χ0) is 50.9. The standard InChI is InChI=1S/C71H55BN2Si2/c1-48-37-43-64-69-70(48)74(51-40-42-59-57-32-18-22-36-66(57)76(68(59)47-51,54-27-13-7-14-28-54)55-29-15-8-16-30-55)62-34-20-19-33-60(62)72(69)61-45-49(71(2,3)4)38-44-63(61)73(64)50-39-41-58-56-31-17-21-35-65(56)75(67(58)46-50,52-23-9-5-10-24-52)53-25-11-6-12-26-53/h5-47H,1-4H3. The molecular weight excluding hydrogens is 948 g/mol. The fraction of sp³-hybridized carbons (Fsp3) is 0.0704. The molecule has 0 fully saturated rings. The number of benzene rings is 11. The Morgan fingerprint density at radius 2 is 0.763 bits per heavy atom. The molecule has 0 atom stereocenters. The number of aryl methyl sites for hydroxylation is 1. The van der Waals surface area contributed by atoms with Gasteiger partial charge in [-0.2, -0.15) is 0 Å². The first kappa shape index (κ1) is 45.0. The highest BCUT2D eigenvalue weighted by molar-refractivity contribution is 7.23. The van der Waals surface area contributed by atoms with Crippen LogP contribution >= 0.6 is 0 Å². The number of hydrogen-bond donors (Lipinski definition) is 0. The van der Waals surface area contributed by atoms with E-state index >= 15 is 0 Å². The summed E-state index contributed by atoms with van der Waals surface area (Å²) in [4.78, 5) is 5.26. The van der Waals surface area contributed by atoms with Crippen LogP contribution in [-0.2, 0) is 5.41 Å². The van der Waals surface area contributed by atoms with Gasteiger partial charge in [0.2, 0.25) is 0 Å². The monoisotopic (exact) mass is 1000 g/mol. The topological polar surface area (TPSA) is 6.48 Å². The summed E-state index contributed by atoms with van der Waals surface area (Å²) in [6.45, 7) is 9.40. The molecule has 4 aliphatic rings. The molecular formula is C71H55BN2Si2. The molecule has 0 bridgehead atoms. The van der Waals surface area contributed by atoms with Gasteiger partial charge < -0.3 is 9.80 Å². The van der Waals surface area contributed by atoms with Crippen LogP contribution in [0.4, 0.5) is 34.1 Å². The van der Waals surface area contributed by atoms with Crippen molar-refractivity contribution in [3.8, 4) is 22.3 Å². The maximum Gasteiger partial charge on any atom is 0.252 e. The maximum absolute atomic E-state index is 2.79. The molecule has 76 heavy (non-hydrogen) atoms. The van der Waals surface area contributed by atoms with Gasteiger partial charge in [0, 0.05) is 34.1 Å². The largest absolute Gasteiger partial charge is 0.311 e. The molecule has 0 radical (unpaired) electrons. The van der Waals surface area contributed by atoms with E-state index in [0.29, 0.717) is 0 Å². The Morgan fingerprint density at radius 1 is 0.342 bits per heavy atom. The molecule has 0 unspecified atom stereocenters. The fourth-order valence-corrected chi connectivity index (χ4v) is 24.7. The van der Waals surface area contributed by atoms with Crippen LogP contribution in [0, 0.1) is 6.92 Å². The average Bonchev–Trinajstić information content (AvgIpc) is 4.09. The van der Waals surface area contributed by atoms with Gasteiger partial charge in [0.05, 0.1) is 0 Å². The summed E-state index contributed by atoms with van der Waals surface area (Å²) >= 11 is 0. The first-order valence-electron chi connectivity index (χ1n) is 27.0.